The van der Waals surface area contributed by atoms with E-state index in [0.717, 1.165) is 4.90 Å². The Hall–Kier alpha value is -2.22. The lowest BCUT2D eigenvalue weighted by atomic mass is 10.1. The van der Waals surface area contributed by atoms with Gasteiger partial charge in [-0.1, -0.05) is 12.1 Å². The predicted molar refractivity (Wildman–Crippen MR) is 77.0 cm³/mol. The summed E-state index contributed by atoms with van der Waals surface area (Å²) in [5, 5.41) is 0. The second-order valence-corrected chi connectivity index (χ2v) is 7.46. The highest BCUT2D eigenvalue weighted by atomic mass is 32.2. The summed E-state index contributed by atoms with van der Waals surface area (Å²) >= 11 is 0. The number of fused-ring (bicyclic) bond motifs is 1. The van der Waals surface area contributed by atoms with Crippen molar-refractivity contribution in [2.45, 2.75) is 0 Å². The summed E-state index contributed by atoms with van der Waals surface area (Å²) in [6, 6.07) is 6.56. The molecule has 0 bridgehead atoms. The van der Waals surface area contributed by atoms with Gasteiger partial charge in [-0.25, -0.2) is 8.42 Å². The average molecular weight is 322 g/mol. The number of benzene rings is 1. The minimum Gasteiger partial charge on any atom is -0.339 e. The van der Waals surface area contributed by atoms with Gasteiger partial charge in [-0.15, -0.1) is 0 Å². The molecule has 0 radical (unpaired) electrons. The van der Waals surface area contributed by atoms with Crippen molar-refractivity contribution in [3.63, 3.8) is 0 Å². The van der Waals surface area contributed by atoms with Crippen LogP contribution in [-0.4, -0.2) is 67.1 Å². The van der Waals surface area contributed by atoms with E-state index >= 15 is 0 Å². The molecule has 3 amide bonds. The van der Waals surface area contributed by atoms with E-state index in [-0.39, 0.29) is 37.2 Å². The van der Waals surface area contributed by atoms with Gasteiger partial charge in [0.25, 0.3) is 11.8 Å². The molecule has 8 heteroatoms. The second-order valence-electron chi connectivity index (χ2n) is 5.28. The quantitative estimate of drug-likeness (QED) is 0.702. The summed E-state index contributed by atoms with van der Waals surface area (Å²) in [6.45, 7) is 0.322. The number of imide groups is 1. The number of hydrogen-bond donors (Lipinski definition) is 0. The smallest absolute Gasteiger partial charge is 0.261 e. The van der Waals surface area contributed by atoms with Gasteiger partial charge >= 0.3 is 0 Å². The van der Waals surface area contributed by atoms with Crippen LogP contribution in [0, 0.1) is 0 Å². The van der Waals surface area contributed by atoms with Gasteiger partial charge in [0.1, 0.15) is 5.75 Å². The van der Waals surface area contributed by atoms with Gasteiger partial charge in [-0.05, 0) is 12.1 Å². The van der Waals surface area contributed by atoms with Crippen LogP contribution in [0.15, 0.2) is 24.3 Å². The van der Waals surface area contributed by atoms with Crippen molar-refractivity contribution in [2.24, 2.45) is 0 Å². The molecule has 3 rings (SSSR count). The Morgan fingerprint density at radius 2 is 1.55 bits per heavy atom. The Labute approximate surface area is 127 Å². The predicted octanol–water partition coefficient (Wildman–Crippen LogP) is -0.460. The molecule has 2 heterocycles. The van der Waals surface area contributed by atoms with Crippen molar-refractivity contribution in [1.82, 2.24) is 9.80 Å². The monoisotopic (exact) mass is 322 g/mol. The Morgan fingerprint density at radius 1 is 0.955 bits per heavy atom. The van der Waals surface area contributed by atoms with Crippen LogP contribution in [0.4, 0.5) is 0 Å². The van der Waals surface area contributed by atoms with Gasteiger partial charge in [0, 0.05) is 19.6 Å². The fraction of sp³-hybridized carbons (Fsp3) is 0.357. The molecule has 1 aromatic carbocycles. The maximum Gasteiger partial charge on any atom is 0.261 e. The lowest BCUT2D eigenvalue weighted by Gasteiger charge is -2.28. The molecule has 1 saturated heterocycles. The van der Waals surface area contributed by atoms with E-state index in [4.69, 9.17) is 0 Å². The van der Waals surface area contributed by atoms with Gasteiger partial charge in [-0.2, -0.15) is 0 Å². The second kappa shape index (κ2) is 5.20. The zero-order valence-electron chi connectivity index (χ0n) is 11.7. The highest BCUT2D eigenvalue weighted by Gasteiger charge is 2.36. The fourth-order valence-electron chi connectivity index (χ4n) is 2.62. The summed E-state index contributed by atoms with van der Waals surface area (Å²) < 4.78 is 22.7. The third-order valence-electron chi connectivity index (χ3n) is 3.84. The Balaban J connectivity index is 1.68. The number of carbonyl (C=O) groups excluding carboxylic acids is 3. The summed E-state index contributed by atoms with van der Waals surface area (Å²) in [4.78, 5) is 38.6. The third-order valence-corrected chi connectivity index (χ3v) is 5.33. The molecule has 2 aliphatic heterocycles. The molecule has 0 aliphatic carbocycles. The summed E-state index contributed by atoms with van der Waals surface area (Å²) in [5.74, 6) is -1.83. The number of sulfone groups is 1. The molecule has 116 valence electrons. The van der Waals surface area contributed by atoms with Crippen LogP contribution in [0.2, 0.25) is 0 Å². The first kappa shape index (κ1) is 14.7. The van der Waals surface area contributed by atoms with Crippen LogP contribution in [0.3, 0.4) is 0 Å². The normalized spacial score (nSPS) is 20.5. The average Bonchev–Trinajstić information content (AvgIpc) is 2.71. The molecule has 22 heavy (non-hydrogen) atoms. The molecule has 0 atom stereocenters. The summed E-state index contributed by atoms with van der Waals surface area (Å²) in [7, 11) is -3.31. The van der Waals surface area contributed by atoms with E-state index in [1.54, 1.807) is 24.3 Å². The molecular weight excluding hydrogens is 308 g/mol. The summed E-state index contributed by atoms with van der Waals surface area (Å²) in [6.07, 6.45) is 0. The Kier molecular flexibility index (Phi) is 3.48. The van der Waals surface area contributed by atoms with Gasteiger partial charge < -0.3 is 4.90 Å². The van der Waals surface area contributed by atoms with Crippen molar-refractivity contribution in [3.05, 3.63) is 35.4 Å². The largest absolute Gasteiger partial charge is 0.339 e. The topological polar surface area (TPSA) is 91.8 Å². The zero-order chi connectivity index (χ0) is 15.9. The van der Waals surface area contributed by atoms with E-state index in [1.807, 2.05) is 0 Å². The fourth-order valence-corrected chi connectivity index (χ4v) is 3.83. The first-order chi connectivity index (χ1) is 10.4. The van der Waals surface area contributed by atoms with Crippen molar-refractivity contribution >= 4 is 27.6 Å². The van der Waals surface area contributed by atoms with Crippen LogP contribution in [0.25, 0.3) is 0 Å². The number of rotatable bonds is 3. The van der Waals surface area contributed by atoms with Crippen LogP contribution < -0.4 is 0 Å². The molecule has 0 saturated carbocycles. The SMILES string of the molecule is O=C1CS(=O)(=O)CCN1CCN1C(=O)c2ccccc2C1=O. The number of hydrogen-bond acceptors (Lipinski definition) is 5. The van der Waals surface area contributed by atoms with E-state index in [1.165, 1.54) is 4.90 Å². The highest BCUT2D eigenvalue weighted by molar-refractivity contribution is 7.92. The van der Waals surface area contributed by atoms with E-state index in [0.29, 0.717) is 11.1 Å². The van der Waals surface area contributed by atoms with Crippen molar-refractivity contribution < 1.29 is 22.8 Å². The lowest BCUT2D eigenvalue weighted by molar-refractivity contribution is -0.128. The van der Waals surface area contributed by atoms with Crippen LogP contribution in [0.5, 0.6) is 0 Å². The van der Waals surface area contributed by atoms with Crippen LogP contribution in [-0.2, 0) is 14.6 Å². The lowest BCUT2D eigenvalue weighted by Crippen LogP contribution is -2.48. The van der Waals surface area contributed by atoms with Gasteiger partial charge in [0.05, 0.1) is 16.9 Å². The van der Waals surface area contributed by atoms with E-state index in [2.05, 4.69) is 0 Å². The maximum absolute atomic E-state index is 12.2. The van der Waals surface area contributed by atoms with E-state index in [9.17, 15) is 22.8 Å². The van der Waals surface area contributed by atoms with Gasteiger partial charge in [-0.3, -0.25) is 19.3 Å². The minimum absolute atomic E-state index is 0.0676. The third kappa shape index (κ3) is 2.50. The standard InChI is InChI=1S/C14H14N2O5S/c17-12-9-22(20,21)8-7-15(12)5-6-16-13(18)10-3-1-2-4-11(10)14(16)19/h1-4H,5-9H2. The molecular formula is C14H14N2O5S. The first-order valence-corrected chi connectivity index (χ1v) is 8.64. The maximum atomic E-state index is 12.2. The molecule has 2 aliphatic rings. The highest BCUT2D eigenvalue weighted by Crippen LogP contribution is 2.22. The molecule has 0 N–H and O–H groups in total. The summed E-state index contributed by atoms with van der Waals surface area (Å²) in [5.41, 5.74) is 0.722. The van der Waals surface area contributed by atoms with Crippen molar-refractivity contribution in [3.8, 4) is 0 Å². The van der Waals surface area contributed by atoms with Crippen molar-refractivity contribution in [1.29, 1.82) is 0 Å². The molecule has 0 unspecified atom stereocenters. The molecule has 7 nitrogen and oxygen atoms in total. The van der Waals surface area contributed by atoms with Crippen LogP contribution >= 0.6 is 0 Å². The number of amides is 3. The van der Waals surface area contributed by atoms with Crippen molar-refractivity contribution in [2.75, 3.05) is 31.1 Å². The first-order valence-electron chi connectivity index (χ1n) is 6.82. The molecule has 1 aromatic rings. The number of nitrogens with zero attached hydrogens (tertiary/aromatic N) is 2. The van der Waals surface area contributed by atoms with E-state index < -0.39 is 21.5 Å². The van der Waals surface area contributed by atoms with Gasteiger partial charge in [0.2, 0.25) is 5.91 Å². The zero-order valence-corrected chi connectivity index (χ0v) is 12.5. The minimum atomic E-state index is -3.31. The van der Waals surface area contributed by atoms with Gasteiger partial charge in [0.15, 0.2) is 9.84 Å². The Morgan fingerprint density at radius 3 is 2.09 bits per heavy atom. The molecule has 0 spiro atoms. The molecule has 0 aromatic heterocycles. The molecule has 1 fully saturated rings. The Bertz CT molecular complexity index is 736. The number of carbonyl (C=O) groups is 3. The van der Waals surface area contributed by atoms with Crippen LogP contribution in [0.1, 0.15) is 20.7 Å².